The molecule has 1 saturated carbocycles. The summed E-state index contributed by atoms with van der Waals surface area (Å²) in [4.78, 5) is 12.7. The predicted octanol–water partition coefficient (Wildman–Crippen LogP) is 0.981. The highest BCUT2D eigenvalue weighted by Crippen LogP contribution is 2.28. The summed E-state index contributed by atoms with van der Waals surface area (Å²) in [6.07, 6.45) is 0.544. The quantitative estimate of drug-likeness (QED) is 0.748. The van der Waals surface area contributed by atoms with Gasteiger partial charge in [0.2, 0.25) is 5.91 Å². The van der Waals surface area contributed by atoms with Crippen molar-refractivity contribution in [1.82, 2.24) is 4.90 Å². The fourth-order valence-corrected chi connectivity index (χ4v) is 1.89. The van der Waals surface area contributed by atoms with Crippen LogP contribution in [0.25, 0.3) is 0 Å². The Hall–Kier alpha value is -0.710. The van der Waals surface area contributed by atoms with E-state index in [1.165, 1.54) is 7.05 Å². The maximum Gasteiger partial charge on any atom is 0.255 e. The molecule has 3 nitrogen and oxygen atoms in total. The Balaban J connectivity index is 2.55. The molecule has 5 heteroatoms. The fourth-order valence-electron chi connectivity index (χ4n) is 1.89. The van der Waals surface area contributed by atoms with Crippen LogP contribution < -0.4 is 5.73 Å². The highest BCUT2D eigenvalue weighted by Gasteiger charge is 2.39. The maximum absolute atomic E-state index is 12.0. The van der Waals surface area contributed by atoms with Gasteiger partial charge in [0.25, 0.3) is 6.43 Å². The first-order valence-corrected chi connectivity index (χ1v) is 4.78. The number of nitrogens with two attached hydrogens (primary N) is 1. The smallest absolute Gasteiger partial charge is 0.255 e. The van der Waals surface area contributed by atoms with Crippen LogP contribution in [0.3, 0.4) is 0 Å². The van der Waals surface area contributed by atoms with Crippen LogP contribution in [0.15, 0.2) is 0 Å². The van der Waals surface area contributed by atoms with Crippen LogP contribution in [0, 0.1) is 0 Å². The lowest BCUT2D eigenvalue weighted by Gasteiger charge is -2.28. The van der Waals surface area contributed by atoms with Crippen LogP contribution in [0.5, 0.6) is 0 Å². The summed E-state index contributed by atoms with van der Waals surface area (Å²) in [6, 6.07) is 0. The van der Waals surface area contributed by atoms with Crippen molar-refractivity contribution < 1.29 is 13.6 Å². The predicted molar refractivity (Wildman–Crippen MR) is 49.0 cm³/mol. The first-order valence-electron chi connectivity index (χ1n) is 4.78. The van der Waals surface area contributed by atoms with Crippen molar-refractivity contribution in [2.75, 3.05) is 13.6 Å². The number of alkyl halides is 2. The van der Waals surface area contributed by atoms with Crippen molar-refractivity contribution in [3.63, 3.8) is 0 Å². The van der Waals surface area contributed by atoms with Crippen molar-refractivity contribution in [2.45, 2.75) is 37.6 Å². The van der Waals surface area contributed by atoms with Crippen LogP contribution in [0.2, 0.25) is 0 Å². The molecule has 0 spiro atoms. The number of carbonyl (C=O) groups excluding carboxylic acids is 1. The van der Waals surface area contributed by atoms with Gasteiger partial charge in [-0.1, -0.05) is 12.8 Å². The summed E-state index contributed by atoms with van der Waals surface area (Å²) in [5.41, 5.74) is 4.96. The number of likely N-dealkylation sites (N-methyl/N-ethyl adjacent to an activating group) is 1. The molecule has 0 unspecified atom stereocenters. The molecule has 0 atom stereocenters. The van der Waals surface area contributed by atoms with E-state index in [1.54, 1.807) is 0 Å². The largest absolute Gasteiger partial charge is 0.338 e. The molecule has 1 rings (SSSR count). The van der Waals surface area contributed by atoms with Gasteiger partial charge >= 0.3 is 0 Å². The van der Waals surface area contributed by atoms with Crippen LogP contribution in [-0.2, 0) is 4.79 Å². The number of amides is 1. The van der Waals surface area contributed by atoms with Gasteiger partial charge in [-0.25, -0.2) is 8.78 Å². The minimum Gasteiger partial charge on any atom is -0.338 e. The van der Waals surface area contributed by atoms with Crippen molar-refractivity contribution in [2.24, 2.45) is 5.73 Å². The topological polar surface area (TPSA) is 46.3 Å². The molecule has 2 N–H and O–H groups in total. The van der Waals surface area contributed by atoms with E-state index >= 15 is 0 Å². The number of carbonyl (C=O) groups is 1. The van der Waals surface area contributed by atoms with E-state index in [0.29, 0.717) is 12.8 Å². The molecule has 0 aromatic heterocycles. The highest BCUT2D eigenvalue weighted by atomic mass is 19.3. The number of rotatable bonds is 3. The van der Waals surface area contributed by atoms with Gasteiger partial charge in [-0.05, 0) is 12.8 Å². The van der Waals surface area contributed by atoms with E-state index in [-0.39, 0.29) is 5.91 Å². The van der Waals surface area contributed by atoms with E-state index in [1.807, 2.05) is 0 Å². The third-order valence-electron chi connectivity index (χ3n) is 2.68. The summed E-state index contributed by atoms with van der Waals surface area (Å²) >= 11 is 0. The van der Waals surface area contributed by atoms with Crippen LogP contribution in [0.1, 0.15) is 25.7 Å². The molecule has 82 valence electrons. The Labute approximate surface area is 82.2 Å². The van der Waals surface area contributed by atoms with Crippen molar-refractivity contribution in [1.29, 1.82) is 0 Å². The average Bonchev–Trinajstić information content (AvgIpc) is 2.51. The average molecular weight is 206 g/mol. The zero-order chi connectivity index (χ0) is 10.8. The minimum absolute atomic E-state index is 0.352. The van der Waals surface area contributed by atoms with Gasteiger partial charge in [0.05, 0.1) is 12.1 Å². The number of nitrogens with zero attached hydrogens (tertiary/aromatic N) is 1. The molecule has 1 aliphatic carbocycles. The molecule has 1 amide bonds. The molecule has 1 fully saturated rings. The van der Waals surface area contributed by atoms with Gasteiger partial charge < -0.3 is 10.6 Å². The highest BCUT2D eigenvalue weighted by molar-refractivity contribution is 5.86. The van der Waals surface area contributed by atoms with E-state index in [9.17, 15) is 13.6 Å². The molecule has 0 aromatic rings. The van der Waals surface area contributed by atoms with E-state index in [4.69, 9.17) is 5.73 Å². The summed E-state index contributed by atoms with van der Waals surface area (Å²) < 4.78 is 24.0. The molecular formula is C9H16F2N2O. The summed E-state index contributed by atoms with van der Waals surface area (Å²) in [6.45, 7) is -0.530. The van der Waals surface area contributed by atoms with Crippen LogP contribution in [-0.4, -0.2) is 36.4 Å². The summed E-state index contributed by atoms with van der Waals surface area (Å²) in [7, 11) is 1.38. The molecule has 14 heavy (non-hydrogen) atoms. The van der Waals surface area contributed by atoms with Gasteiger partial charge in [0.15, 0.2) is 0 Å². The molecule has 0 bridgehead atoms. The number of hydrogen-bond donors (Lipinski definition) is 1. The molecule has 0 aliphatic heterocycles. The first-order chi connectivity index (χ1) is 6.46. The molecule has 0 radical (unpaired) electrons. The van der Waals surface area contributed by atoms with Gasteiger partial charge in [-0.2, -0.15) is 0 Å². The molecule has 1 aliphatic rings. The minimum atomic E-state index is -2.49. The second kappa shape index (κ2) is 4.21. The molecular weight excluding hydrogens is 190 g/mol. The Morgan fingerprint density at radius 2 is 2.00 bits per heavy atom. The van der Waals surface area contributed by atoms with Gasteiger partial charge in [-0.3, -0.25) is 4.79 Å². The molecule has 0 aromatic carbocycles. The zero-order valence-electron chi connectivity index (χ0n) is 8.30. The number of halogens is 2. The molecule has 0 saturated heterocycles. The van der Waals surface area contributed by atoms with Crippen molar-refractivity contribution >= 4 is 5.91 Å². The standard InChI is InChI=1S/C9H16F2N2O/c1-13(6-7(10)11)8(14)9(12)4-2-3-5-9/h7H,2-6,12H2,1H3. The lowest BCUT2D eigenvalue weighted by atomic mass is 9.97. The SMILES string of the molecule is CN(CC(F)F)C(=O)C1(N)CCCC1. The van der Waals surface area contributed by atoms with E-state index < -0.39 is 18.5 Å². The lowest BCUT2D eigenvalue weighted by Crippen LogP contribution is -2.53. The number of hydrogen-bond acceptors (Lipinski definition) is 2. The van der Waals surface area contributed by atoms with Crippen LogP contribution in [0.4, 0.5) is 8.78 Å². The third kappa shape index (κ3) is 2.41. The zero-order valence-corrected chi connectivity index (χ0v) is 8.30. The molecule has 0 heterocycles. The Morgan fingerprint density at radius 1 is 1.50 bits per heavy atom. The van der Waals surface area contributed by atoms with Gasteiger partial charge in [0.1, 0.15) is 0 Å². The van der Waals surface area contributed by atoms with Gasteiger partial charge in [0, 0.05) is 7.05 Å². The fraction of sp³-hybridized carbons (Fsp3) is 0.889. The third-order valence-corrected chi connectivity index (χ3v) is 2.68. The van der Waals surface area contributed by atoms with E-state index in [0.717, 1.165) is 17.7 Å². The van der Waals surface area contributed by atoms with Crippen molar-refractivity contribution in [3.8, 4) is 0 Å². The first kappa shape index (κ1) is 11.4. The Bertz CT molecular complexity index is 215. The summed E-state index contributed by atoms with van der Waals surface area (Å²) in [5, 5.41) is 0. The van der Waals surface area contributed by atoms with Gasteiger partial charge in [-0.15, -0.1) is 0 Å². The second-order valence-corrected chi connectivity index (χ2v) is 3.94. The maximum atomic E-state index is 12.0. The monoisotopic (exact) mass is 206 g/mol. The van der Waals surface area contributed by atoms with Crippen molar-refractivity contribution in [3.05, 3.63) is 0 Å². The van der Waals surface area contributed by atoms with Crippen LogP contribution >= 0.6 is 0 Å². The Morgan fingerprint density at radius 3 is 2.43 bits per heavy atom. The van der Waals surface area contributed by atoms with E-state index in [2.05, 4.69) is 0 Å². The second-order valence-electron chi connectivity index (χ2n) is 3.94. The summed E-state index contributed by atoms with van der Waals surface area (Å²) in [5.74, 6) is -0.352. The normalized spacial score (nSPS) is 20.1. The Kier molecular flexibility index (Phi) is 3.42. The lowest BCUT2D eigenvalue weighted by molar-refractivity contribution is -0.137.